The number of rotatable bonds is 2. The molecule has 4 fully saturated rings. The highest BCUT2D eigenvalue weighted by molar-refractivity contribution is 5.95. The third-order valence-electron chi connectivity index (χ3n) is 5.75. The van der Waals surface area contributed by atoms with Gasteiger partial charge in [-0.2, -0.15) is 0 Å². The number of anilines is 2. The Morgan fingerprint density at radius 1 is 1.00 bits per heavy atom. The predicted octanol–water partition coefficient (Wildman–Crippen LogP) is 3.28. The number of hydrogen-bond donors (Lipinski definition) is 2. The first kappa shape index (κ1) is 12.2. The summed E-state index contributed by atoms with van der Waals surface area (Å²) < 4.78 is 0. The lowest BCUT2D eigenvalue weighted by Gasteiger charge is -2.53. The fourth-order valence-electron chi connectivity index (χ4n) is 5.18. The standard InChI is InChI=1S/C17H22N2O/c18-14-3-1-2-4-15(14)19-17(20)16-12-6-10-5-11(8-12)9-13(16)7-10/h1-4,10-13,16H,5-9,18H2,(H,19,20). The van der Waals surface area contributed by atoms with E-state index in [4.69, 9.17) is 5.73 Å². The second kappa shape index (κ2) is 4.51. The van der Waals surface area contributed by atoms with Gasteiger partial charge in [0.25, 0.3) is 0 Å². The molecule has 4 bridgehead atoms. The molecule has 0 aromatic heterocycles. The Hall–Kier alpha value is -1.51. The van der Waals surface area contributed by atoms with Gasteiger partial charge in [0.05, 0.1) is 11.4 Å². The number of nitrogens with one attached hydrogen (secondary N) is 1. The first-order valence-electron chi connectivity index (χ1n) is 7.86. The number of hydrogen-bond acceptors (Lipinski definition) is 2. The summed E-state index contributed by atoms with van der Waals surface area (Å²) in [6.07, 6.45) is 6.52. The van der Waals surface area contributed by atoms with Crippen LogP contribution in [0.1, 0.15) is 32.1 Å². The van der Waals surface area contributed by atoms with Crippen molar-refractivity contribution < 1.29 is 4.79 Å². The zero-order chi connectivity index (χ0) is 13.7. The average molecular weight is 270 g/mol. The summed E-state index contributed by atoms with van der Waals surface area (Å²) in [5.41, 5.74) is 7.36. The molecular formula is C17H22N2O. The monoisotopic (exact) mass is 270 g/mol. The second-order valence-corrected chi connectivity index (χ2v) is 7.03. The zero-order valence-corrected chi connectivity index (χ0v) is 11.7. The van der Waals surface area contributed by atoms with Gasteiger partial charge in [0, 0.05) is 5.92 Å². The van der Waals surface area contributed by atoms with E-state index in [-0.39, 0.29) is 11.8 Å². The van der Waals surface area contributed by atoms with Crippen LogP contribution in [-0.2, 0) is 4.79 Å². The number of carbonyl (C=O) groups excluding carboxylic acids is 1. The van der Waals surface area contributed by atoms with Crippen LogP contribution >= 0.6 is 0 Å². The lowest BCUT2D eigenvalue weighted by Crippen LogP contribution is -2.49. The van der Waals surface area contributed by atoms with E-state index in [0.29, 0.717) is 17.5 Å². The van der Waals surface area contributed by atoms with Gasteiger partial charge < -0.3 is 11.1 Å². The summed E-state index contributed by atoms with van der Waals surface area (Å²) >= 11 is 0. The SMILES string of the molecule is Nc1ccccc1NC(=O)C1C2CC3CC(C2)CC1C3. The Labute approximate surface area is 119 Å². The molecular weight excluding hydrogens is 248 g/mol. The van der Waals surface area contributed by atoms with Gasteiger partial charge in [-0.05, 0) is 67.9 Å². The Kier molecular flexibility index (Phi) is 2.76. The van der Waals surface area contributed by atoms with Gasteiger partial charge in [-0.15, -0.1) is 0 Å². The Morgan fingerprint density at radius 2 is 1.60 bits per heavy atom. The molecule has 3 N–H and O–H groups in total. The Morgan fingerprint density at radius 3 is 2.20 bits per heavy atom. The van der Waals surface area contributed by atoms with Gasteiger partial charge in [-0.25, -0.2) is 0 Å². The molecule has 3 nitrogen and oxygen atoms in total. The second-order valence-electron chi connectivity index (χ2n) is 7.03. The maximum Gasteiger partial charge on any atom is 0.228 e. The van der Waals surface area contributed by atoms with Crippen LogP contribution in [-0.4, -0.2) is 5.91 Å². The Balaban J connectivity index is 1.53. The van der Waals surface area contributed by atoms with Crippen LogP contribution in [0.5, 0.6) is 0 Å². The molecule has 0 aliphatic heterocycles. The highest BCUT2D eigenvalue weighted by Crippen LogP contribution is 2.56. The molecule has 0 heterocycles. The number of carbonyl (C=O) groups is 1. The number of nitrogens with two attached hydrogens (primary N) is 1. The van der Waals surface area contributed by atoms with Crippen molar-refractivity contribution in [2.24, 2.45) is 29.6 Å². The molecule has 20 heavy (non-hydrogen) atoms. The highest BCUT2D eigenvalue weighted by Gasteiger charge is 2.50. The molecule has 1 amide bonds. The van der Waals surface area contributed by atoms with Crippen LogP contribution in [0.2, 0.25) is 0 Å². The quantitative estimate of drug-likeness (QED) is 0.810. The maximum absolute atomic E-state index is 12.7. The van der Waals surface area contributed by atoms with E-state index >= 15 is 0 Å². The normalized spacial score (nSPS) is 37.9. The molecule has 0 radical (unpaired) electrons. The van der Waals surface area contributed by atoms with E-state index < -0.39 is 0 Å². The predicted molar refractivity (Wildman–Crippen MR) is 80.0 cm³/mol. The molecule has 4 aliphatic rings. The summed E-state index contributed by atoms with van der Waals surface area (Å²) in [7, 11) is 0. The smallest absolute Gasteiger partial charge is 0.228 e. The van der Waals surface area contributed by atoms with Gasteiger partial charge in [0.1, 0.15) is 0 Å². The molecule has 0 spiro atoms. The third-order valence-corrected chi connectivity index (χ3v) is 5.75. The van der Waals surface area contributed by atoms with Gasteiger partial charge in [-0.1, -0.05) is 12.1 Å². The van der Waals surface area contributed by atoms with Crippen molar-refractivity contribution in [3.63, 3.8) is 0 Å². The average Bonchev–Trinajstić information content (AvgIpc) is 2.40. The molecule has 5 rings (SSSR count). The number of amides is 1. The van der Waals surface area contributed by atoms with E-state index in [1.165, 1.54) is 32.1 Å². The lowest BCUT2D eigenvalue weighted by molar-refractivity contribution is -0.132. The molecule has 1 aromatic carbocycles. The summed E-state index contributed by atoms with van der Waals surface area (Å²) in [5, 5.41) is 3.07. The maximum atomic E-state index is 12.7. The van der Waals surface area contributed by atoms with Crippen molar-refractivity contribution in [3.8, 4) is 0 Å². The van der Waals surface area contributed by atoms with Crippen molar-refractivity contribution in [2.45, 2.75) is 32.1 Å². The van der Waals surface area contributed by atoms with Crippen molar-refractivity contribution in [1.29, 1.82) is 0 Å². The molecule has 0 saturated heterocycles. The van der Waals surface area contributed by atoms with Crippen molar-refractivity contribution >= 4 is 17.3 Å². The van der Waals surface area contributed by atoms with Crippen LogP contribution in [0.25, 0.3) is 0 Å². The van der Waals surface area contributed by atoms with Gasteiger partial charge in [0.15, 0.2) is 0 Å². The van der Waals surface area contributed by atoms with Crippen LogP contribution in [0.4, 0.5) is 11.4 Å². The van der Waals surface area contributed by atoms with Crippen molar-refractivity contribution in [3.05, 3.63) is 24.3 Å². The first-order chi connectivity index (χ1) is 9.70. The molecule has 0 atom stereocenters. The topological polar surface area (TPSA) is 55.1 Å². The van der Waals surface area contributed by atoms with Gasteiger partial charge in [0.2, 0.25) is 5.91 Å². The fraction of sp³-hybridized carbons (Fsp3) is 0.588. The van der Waals surface area contributed by atoms with Crippen molar-refractivity contribution in [2.75, 3.05) is 11.1 Å². The molecule has 106 valence electrons. The largest absolute Gasteiger partial charge is 0.397 e. The minimum Gasteiger partial charge on any atom is -0.397 e. The molecule has 0 unspecified atom stereocenters. The summed E-state index contributed by atoms with van der Waals surface area (Å²) in [4.78, 5) is 12.7. The minimum absolute atomic E-state index is 0.205. The van der Waals surface area contributed by atoms with Crippen LogP contribution in [0, 0.1) is 29.6 Å². The number of para-hydroxylation sites is 2. The fourth-order valence-corrected chi connectivity index (χ4v) is 5.18. The first-order valence-corrected chi connectivity index (χ1v) is 7.86. The lowest BCUT2D eigenvalue weighted by atomic mass is 9.51. The molecule has 1 aromatic rings. The van der Waals surface area contributed by atoms with Crippen LogP contribution in [0.15, 0.2) is 24.3 Å². The summed E-state index contributed by atoms with van der Waals surface area (Å²) in [6.45, 7) is 0. The third kappa shape index (κ3) is 1.91. The molecule has 4 aliphatic carbocycles. The summed E-state index contributed by atoms with van der Waals surface area (Å²) in [5.74, 6) is 3.48. The van der Waals surface area contributed by atoms with Crippen LogP contribution in [0.3, 0.4) is 0 Å². The number of nitrogen functional groups attached to an aromatic ring is 1. The zero-order valence-electron chi connectivity index (χ0n) is 11.7. The highest BCUT2D eigenvalue weighted by atomic mass is 16.1. The molecule has 3 heteroatoms. The summed E-state index contributed by atoms with van der Waals surface area (Å²) in [6, 6.07) is 7.55. The van der Waals surface area contributed by atoms with Gasteiger partial charge >= 0.3 is 0 Å². The van der Waals surface area contributed by atoms with E-state index in [0.717, 1.165) is 17.5 Å². The van der Waals surface area contributed by atoms with Gasteiger partial charge in [-0.3, -0.25) is 4.79 Å². The van der Waals surface area contributed by atoms with Crippen molar-refractivity contribution in [1.82, 2.24) is 0 Å². The van der Waals surface area contributed by atoms with E-state index in [2.05, 4.69) is 5.32 Å². The molecule has 4 saturated carbocycles. The Bertz CT molecular complexity index is 512. The van der Waals surface area contributed by atoms with E-state index in [9.17, 15) is 4.79 Å². The van der Waals surface area contributed by atoms with E-state index in [1.54, 1.807) is 0 Å². The number of benzene rings is 1. The minimum atomic E-state index is 0.205. The van der Waals surface area contributed by atoms with E-state index in [1.807, 2.05) is 24.3 Å². The van der Waals surface area contributed by atoms with Crippen LogP contribution < -0.4 is 11.1 Å².